The predicted octanol–water partition coefficient (Wildman–Crippen LogP) is -2.12. The van der Waals surface area contributed by atoms with Crippen LogP contribution in [0.2, 0.25) is 0 Å². The molecule has 3 N–H and O–H groups in total. The van der Waals surface area contributed by atoms with Gasteiger partial charge in [-0.1, -0.05) is 0 Å². The molecule has 1 aliphatic heterocycles. The Morgan fingerprint density at radius 3 is 2.60 bits per heavy atom. The maximum atomic E-state index is 11.6. The molecule has 0 radical (unpaired) electrons. The zero-order valence-corrected chi connectivity index (χ0v) is 7.69. The Hall–Kier alpha value is -1.89. The number of aromatic amines is 2. The quantitative estimate of drug-likeness (QED) is 0.493. The Balaban J connectivity index is 2.26. The molecule has 0 atom stereocenters. The second-order valence-corrected chi connectivity index (χ2v) is 3.37. The molecule has 1 amide bonds. The first-order valence-corrected chi connectivity index (χ1v) is 4.37. The highest BCUT2D eigenvalue weighted by Gasteiger charge is 2.30. The van der Waals surface area contributed by atoms with Crippen molar-refractivity contribution >= 4 is 5.91 Å². The first-order chi connectivity index (χ1) is 7.06. The van der Waals surface area contributed by atoms with Crippen LogP contribution in [0.4, 0.5) is 0 Å². The minimum atomic E-state index is -0.716. The highest BCUT2D eigenvalue weighted by molar-refractivity contribution is 5.92. The van der Waals surface area contributed by atoms with Crippen LogP contribution in [-0.2, 0) is 0 Å². The molecule has 7 nitrogen and oxygen atoms in total. The van der Waals surface area contributed by atoms with Gasteiger partial charge in [-0.05, 0) is 0 Å². The van der Waals surface area contributed by atoms with Crippen molar-refractivity contribution in [2.24, 2.45) is 0 Å². The summed E-state index contributed by atoms with van der Waals surface area (Å²) in [4.78, 5) is 38.9. The van der Waals surface area contributed by atoms with Gasteiger partial charge in [-0.2, -0.15) is 0 Å². The van der Waals surface area contributed by atoms with Crippen molar-refractivity contribution in [1.82, 2.24) is 14.9 Å². The lowest BCUT2D eigenvalue weighted by Crippen LogP contribution is -2.54. The molecule has 0 bridgehead atoms. The van der Waals surface area contributed by atoms with Crippen LogP contribution in [0, 0.1) is 0 Å². The number of carbonyl (C=O) groups excluding carboxylic acids is 1. The summed E-state index contributed by atoms with van der Waals surface area (Å²) in [6.07, 6.45) is -0.511. The van der Waals surface area contributed by atoms with Gasteiger partial charge in [0, 0.05) is 19.2 Å². The molecule has 1 aromatic rings. The van der Waals surface area contributed by atoms with Crippen molar-refractivity contribution in [3.63, 3.8) is 0 Å². The van der Waals surface area contributed by atoms with Crippen molar-refractivity contribution in [2.75, 3.05) is 13.1 Å². The summed E-state index contributed by atoms with van der Waals surface area (Å²) in [7, 11) is 0. The Labute approximate surface area is 83.4 Å². The number of β-amino-alcohol motifs (C(OH)–C–C–N with tert-alkyl or cyclic N) is 1. The van der Waals surface area contributed by atoms with Crippen LogP contribution in [0.1, 0.15) is 10.5 Å². The number of hydrogen-bond acceptors (Lipinski definition) is 4. The maximum absolute atomic E-state index is 11.6. The molecule has 1 saturated heterocycles. The van der Waals surface area contributed by atoms with Gasteiger partial charge in [0.1, 0.15) is 5.69 Å². The molecule has 0 saturated carbocycles. The first-order valence-electron chi connectivity index (χ1n) is 4.37. The van der Waals surface area contributed by atoms with Gasteiger partial charge in [0.15, 0.2) is 0 Å². The van der Waals surface area contributed by atoms with E-state index < -0.39 is 23.3 Å². The predicted molar refractivity (Wildman–Crippen MR) is 49.6 cm³/mol. The van der Waals surface area contributed by atoms with E-state index in [2.05, 4.69) is 4.98 Å². The third kappa shape index (κ3) is 1.82. The topological polar surface area (TPSA) is 106 Å². The van der Waals surface area contributed by atoms with Gasteiger partial charge in [0.25, 0.3) is 11.5 Å². The fourth-order valence-corrected chi connectivity index (χ4v) is 1.38. The van der Waals surface area contributed by atoms with E-state index in [-0.39, 0.29) is 18.8 Å². The summed E-state index contributed by atoms with van der Waals surface area (Å²) in [5.74, 6) is -0.455. The lowest BCUT2D eigenvalue weighted by Gasteiger charge is -2.35. The van der Waals surface area contributed by atoms with Gasteiger partial charge in [0.2, 0.25) is 0 Å². The summed E-state index contributed by atoms with van der Waals surface area (Å²) in [6.45, 7) is 0.460. The first kappa shape index (κ1) is 9.66. The highest BCUT2D eigenvalue weighted by atomic mass is 16.3. The second kappa shape index (κ2) is 3.35. The van der Waals surface area contributed by atoms with E-state index in [0.717, 1.165) is 6.07 Å². The van der Waals surface area contributed by atoms with E-state index in [1.54, 1.807) is 0 Å². The molecule has 0 spiro atoms. The summed E-state index contributed by atoms with van der Waals surface area (Å²) >= 11 is 0. The van der Waals surface area contributed by atoms with Crippen LogP contribution < -0.4 is 11.2 Å². The minimum Gasteiger partial charge on any atom is -0.389 e. The van der Waals surface area contributed by atoms with E-state index >= 15 is 0 Å². The fraction of sp³-hybridized carbons (Fsp3) is 0.375. The van der Waals surface area contributed by atoms with Gasteiger partial charge in [-0.25, -0.2) is 4.79 Å². The zero-order valence-electron chi connectivity index (χ0n) is 7.69. The average molecular weight is 211 g/mol. The van der Waals surface area contributed by atoms with E-state index in [1.165, 1.54) is 4.90 Å². The van der Waals surface area contributed by atoms with Crippen molar-refractivity contribution < 1.29 is 9.90 Å². The summed E-state index contributed by atoms with van der Waals surface area (Å²) in [5.41, 5.74) is -1.40. The Morgan fingerprint density at radius 1 is 1.40 bits per heavy atom. The molecule has 2 rings (SSSR count). The number of amides is 1. The van der Waals surface area contributed by atoms with Crippen LogP contribution in [0.3, 0.4) is 0 Å². The molecule has 7 heteroatoms. The van der Waals surface area contributed by atoms with E-state index in [9.17, 15) is 14.4 Å². The van der Waals surface area contributed by atoms with Crippen LogP contribution >= 0.6 is 0 Å². The third-order valence-electron chi connectivity index (χ3n) is 2.14. The Morgan fingerprint density at radius 2 is 2.07 bits per heavy atom. The number of aliphatic hydroxyl groups is 1. The van der Waals surface area contributed by atoms with Gasteiger partial charge >= 0.3 is 5.69 Å². The number of aromatic nitrogens is 2. The molecule has 1 fully saturated rings. The van der Waals surface area contributed by atoms with Gasteiger partial charge in [0.05, 0.1) is 6.10 Å². The average Bonchev–Trinajstić information content (AvgIpc) is 2.10. The smallest absolute Gasteiger partial charge is 0.326 e. The van der Waals surface area contributed by atoms with Crippen molar-refractivity contribution in [2.45, 2.75) is 6.10 Å². The molecule has 0 aliphatic carbocycles. The van der Waals surface area contributed by atoms with Crippen molar-refractivity contribution in [3.05, 3.63) is 32.6 Å². The maximum Gasteiger partial charge on any atom is 0.326 e. The lowest BCUT2D eigenvalue weighted by molar-refractivity contribution is 0.00546. The minimum absolute atomic E-state index is 0.0596. The number of rotatable bonds is 1. The number of nitrogens with one attached hydrogen (secondary N) is 2. The van der Waals surface area contributed by atoms with E-state index in [4.69, 9.17) is 5.11 Å². The second-order valence-electron chi connectivity index (χ2n) is 3.37. The standard InChI is InChI=1S/C8H9N3O4/c12-4-2-11(3-4)7(14)5-1-6(13)10-8(15)9-5/h1,4,12H,2-3H2,(H2,9,10,13,15). The van der Waals surface area contributed by atoms with Gasteiger partial charge in [-0.3, -0.25) is 14.6 Å². The largest absolute Gasteiger partial charge is 0.389 e. The van der Waals surface area contributed by atoms with Crippen LogP contribution in [0.15, 0.2) is 15.7 Å². The number of aliphatic hydroxyl groups excluding tert-OH is 1. The lowest BCUT2D eigenvalue weighted by atomic mass is 10.1. The Kier molecular flexibility index (Phi) is 2.16. The normalized spacial score (nSPS) is 16.2. The molecular formula is C8H9N3O4. The number of nitrogens with zero attached hydrogens (tertiary/aromatic N) is 1. The van der Waals surface area contributed by atoms with Crippen LogP contribution in [0.5, 0.6) is 0 Å². The Bertz CT molecular complexity index is 469. The zero-order chi connectivity index (χ0) is 11.0. The van der Waals surface area contributed by atoms with Crippen LogP contribution in [0.25, 0.3) is 0 Å². The number of likely N-dealkylation sites (tertiary alicyclic amines) is 1. The molecule has 80 valence electrons. The van der Waals surface area contributed by atoms with Crippen molar-refractivity contribution in [1.29, 1.82) is 0 Å². The molecule has 2 heterocycles. The van der Waals surface area contributed by atoms with E-state index in [1.807, 2.05) is 4.98 Å². The SMILES string of the molecule is O=C(c1cc(=O)[nH]c(=O)[nH]1)N1CC(O)C1. The molecule has 0 unspecified atom stereocenters. The monoisotopic (exact) mass is 211 g/mol. The summed E-state index contributed by atoms with van der Waals surface area (Å²) in [6, 6.07) is 1.02. The van der Waals surface area contributed by atoms with Gasteiger partial charge in [-0.15, -0.1) is 0 Å². The van der Waals surface area contributed by atoms with Gasteiger partial charge < -0.3 is 15.0 Å². The molecule has 1 aromatic heterocycles. The molecule has 1 aliphatic rings. The molecule has 15 heavy (non-hydrogen) atoms. The van der Waals surface area contributed by atoms with Crippen molar-refractivity contribution in [3.8, 4) is 0 Å². The molecule has 0 aromatic carbocycles. The fourth-order valence-electron chi connectivity index (χ4n) is 1.38. The summed E-state index contributed by atoms with van der Waals surface area (Å²) in [5, 5.41) is 8.99. The number of H-pyrrole nitrogens is 2. The summed E-state index contributed by atoms with van der Waals surface area (Å²) < 4.78 is 0. The van der Waals surface area contributed by atoms with E-state index in [0.29, 0.717) is 0 Å². The molecular weight excluding hydrogens is 202 g/mol. The highest BCUT2D eigenvalue weighted by Crippen LogP contribution is 2.09. The third-order valence-corrected chi connectivity index (χ3v) is 2.14. The van der Waals surface area contributed by atoms with Crippen LogP contribution in [-0.4, -0.2) is 45.1 Å². The number of hydrogen-bond donors (Lipinski definition) is 3. The number of carbonyl (C=O) groups is 1.